The van der Waals surface area contributed by atoms with E-state index in [0.717, 1.165) is 17.0 Å². The van der Waals surface area contributed by atoms with Crippen LogP contribution in [0.25, 0.3) is 5.57 Å². The Morgan fingerprint density at radius 3 is 1.89 bits per heavy atom. The Kier molecular flexibility index (Phi) is 6.78. The highest BCUT2D eigenvalue weighted by molar-refractivity contribution is 5.96. The average molecular weight is 522 g/mol. The number of nitrogens with zero attached hydrogens (tertiary/aromatic N) is 2. The van der Waals surface area contributed by atoms with Crippen LogP contribution < -0.4 is 4.90 Å². The van der Waals surface area contributed by atoms with Crippen LogP contribution in [-0.2, 0) is 18.5 Å². The number of rotatable bonds is 3. The van der Waals surface area contributed by atoms with E-state index >= 15 is 0 Å². The Morgan fingerprint density at radius 1 is 0.944 bits per heavy atom. The molecule has 0 saturated carbocycles. The van der Waals surface area contributed by atoms with Gasteiger partial charge in [-0.1, -0.05) is 13.0 Å². The number of halogens is 9. The Bertz CT molecular complexity index is 1220. The number of hydrogen-bond donors (Lipinski definition) is 1. The van der Waals surface area contributed by atoms with Gasteiger partial charge in [-0.2, -0.15) is 44.8 Å². The van der Waals surface area contributed by atoms with E-state index in [1.54, 1.807) is 6.07 Å². The van der Waals surface area contributed by atoms with Gasteiger partial charge in [0.15, 0.2) is 0 Å². The highest BCUT2D eigenvalue weighted by Gasteiger charge is 2.40. The van der Waals surface area contributed by atoms with Crippen LogP contribution in [0.2, 0.25) is 0 Å². The average Bonchev–Trinajstić information content (AvgIpc) is 2.76. The van der Waals surface area contributed by atoms with Crippen molar-refractivity contribution in [2.75, 3.05) is 4.90 Å². The van der Waals surface area contributed by atoms with Crippen LogP contribution in [0.5, 0.6) is 0 Å². The van der Waals surface area contributed by atoms with Crippen molar-refractivity contribution in [2.45, 2.75) is 43.8 Å². The van der Waals surface area contributed by atoms with Crippen molar-refractivity contribution >= 4 is 17.4 Å². The van der Waals surface area contributed by atoms with E-state index in [9.17, 15) is 54.7 Å². The van der Waals surface area contributed by atoms with E-state index < -0.39 is 64.4 Å². The summed E-state index contributed by atoms with van der Waals surface area (Å²) in [5, 5.41) is 19.4. The van der Waals surface area contributed by atoms with E-state index in [1.165, 1.54) is 6.92 Å². The number of carboxylic acid groups (broad SMARTS) is 1. The SMILES string of the molecule is CC[C@H]1C=C([C@H](C#N)c2cc(C(F)(F)F)cc(C(F)(F)F)c2)c2cc(C(F)(F)F)ccc2N1C(=O)O. The van der Waals surface area contributed by atoms with Crippen molar-refractivity contribution < 1.29 is 49.4 Å². The number of benzene rings is 2. The lowest BCUT2D eigenvalue weighted by Crippen LogP contribution is -2.41. The highest BCUT2D eigenvalue weighted by Crippen LogP contribution is 2.46. The molecule has 2 aromatic rings. The third kappa shape index (κ3) is 5.12. The minimum atomic E-state index is -5.22. The molecule has 0 unspecified atom stereocenters. The van der Waals surface area contributed by atoms with E-state index in [2.05, 4.69) is 0 Å². The number of fused-ring (bicyclic) bond motifs is 1. The summed E-state index contributed by atoms with van der Waals surface area (Å²) in [6.07, 6.45) is -15.8. The second kappa shape index (κ2) is 9.07. The van der Waals surface area contributed by atoms with Gasteiger partial charge in [0.1, 0.15) is 0 Å². The molecule has 1 aliphatic heterocycles. The van der Waals surface area contributed by atoms with Crippen LogP contribution in [0.3, 0.4) is 0 Å². The maximum absolute atomic E-state index is 13.4. The van der Waals surface area contributed by atoms with Crippen LogP contribution in [0.15, 0.2) is 42.5 Å². The first-order chi connectivity index (χ1) is 16.5. The Labute approximate surface area is 197 Å². The molecule has 0 aliphatic carbocycles. The lowest BCUT2D eigenvalue weighted by atomic mass is 9.81. The normalized spacial score (nSPS) is 17.2. The largest absolute Gasteiger partial charge is 0.465 e. The van der Waals surface area contributed by atoms with Gasteiger partial charge < -0.3 is 5.11 Å². The fourth-order valence-electron chi connectivity index (χ4n) is 3.97. The molecular formula is C23H15F9N2O2. The van der Waals surface area contributed by atoms with Gasteiger partial charge in [-0.05, 0) is 54.0 Å². The summed E-state index contributed by atoms with van der Waals surface area (Å²) in [4.78, 5) is 12.6. The zero-order valence-electron chi connectivity index (χ0n) is 18.1. The molecule has 0 bridgehead atoms. The number of nitriles is 1. The molecule has 4 nitrogen and oxygen atoms in total. The van der Waals surface area contributed by atoms with Gasteiger partial charge in [-0.3, -0.25) is 4.90 Å². The smallest absolute Gasteiger partial charge is 0.416 e. The number of alkyl halides is 9. The maximum Gasteiger partial charge on any atom is 0.416 e. The molecule has 2 aromatic carbocycles. The monoisotopic (exact) mass is 522 g/mol. The fraction of sp³-hybridized carbons (Fsp3) is 0.304. The summed E-state index contributed by atoms with van der Waals surface area (Å²) >= 11 is 0. The minimum Gasteiger partial charge on any atom is -0.465 e. The molecule has 36 heavy (non-hydrogen) atoms. The van der Waals surface area contributed by atoms with Crippen molar-refractivity contribution in [1.82, 2.24) is 0 Å². The Hall–Kier alpha value is -3.69. The van der Waals surface area contributed by atoms with Crippen molar-refractivity contribution in [3.63, 3.8) is 0 Å². The third-order valence-electron chi connectivity index (χ3n) is 5.61. The first-order valence-corrected chi connectivity index (χ1v) is 10.1. The standard InChI is InChI=1S/C23H15F9N2O2/c1-2-15-9-16(17-8-12(21(24,25)26)3-4-19(17)34(15)20(35)36)18(10-33)11-5-13(22(27,28)29)7-14(6-11)23(30,31)32/h3-9,15,18H,2H2,1H3,(H,35,36)/t15-,18+/m0/s1. The molecule has 0 saturated heterocycles. The number of anilines is 1. The second-order valence-corrected chi connectivity index (χ2v) is 7.88. The molecule has 1 N–H and O–H groups in total. The molecule has 0 spiro atoms. The molecule has 1 aliphatic rings. The zero-order valence-corrected chi connectivity index (χ0v) is 18.1. The molecule has 13 heteroatoms. The highest BCUT2D eigenvalue weighted by atomic mass is 19.4. The van der Waals surface area contributed by atoms with Crippen LogP contribution >= 0.6 is 0 Å². The molecule has 3 rings (SSSR count). The van der Waals surface area contributed by atoms with Crippen LogP contribution in [0.4, 0.5) is 50.0 Å². The summed E-state index contributed by atoms with van der Waals surface area (Å²) in [5.41, 5.74) is -6.48. The Morgan fingerprint density at radius 2 is 1.47 bits per heavy atom. The van der Waals surface area contributed by atoms with E-state index in [1.807, 2.05) is 0 Å². The Balaban J connectivity index is 2.33. The van der Waals surface area contributed by atoms with Crippen molar-refractivity contribution in [2.24, 2.45) is 0 Å². The van der Waals surface area contributed by atoms with Crippen LogP contribution in [-0.4, -0.2) is 17.2 Å². The van der Waals surface area contributed by atoms with Gasteiger partial charge in [0, 0.05) is 5.56 Å². The number of allylic oxidation sites excluding steroid dienone is 1. The number of hydrogen-bond acceptors (Lipinski definition) is 2. The first kappa shape index (κ1) is 26.9. The van der Waals surface area contributed by atoms with Crippen molar-refractivity contribution in [3.05, 3.63) is 70.3 Å². The van der Waals surface area contributed by atoms with Crippen LogP contribution in [0.1, 0.15) is 47.1 Å². The summed E-state index contributed by atoms with van der Waals surface area (Å²) in [6, 6.07) is 2.99. The number of carbonyl (C=O) groups is 1. The molecule has 1 amide bonds. The van der Waals surface area contributed by atoms with Gasteiger partial charge in [0.25, 0.3) is 0 Å². The molecular weight excluding hydrogens is 507 g/mol. The fourth-order valence-corrected chi connectivity index (χ4v) is 3.97. The van der Waals surface area contributed by atoms with E-state index in [-0.39, 0.29) is 23.7 Å². The molecule has 2 atom stereocenters. The van der Waals surface area contributed by atoms with Gasteiger partial charge in [-0.25, -0.2) is 4.79 Å². The van der Waals surface area contributed by atoms with Gasteiger partial charge in [0.2, 0.25) is 0 Å². The van der Waals surface area contributed by atoms with Gasteiger partial charge in [0.05, 0.1) is 40.4 Å². The predicted molar refractivity (Wildman–Crippen MR) is 109 cm³/mol. The third-order valence-corrected chi connectivity index (χ3v) is 5.61. The molecule has 0 aromatic heterocycles. The summed E-state index contributed by atoms with van der Waals surface area (Å²) in [5.74, 6) is -1.87. The molecule has 192 valence electrons. The zero-order chi connectivity index (χ0) is 27.2. The molecule has 1 heterocycles. The first-order valence-electron chi connectivity index (χ1n) is 10.1. The van der Waals surface area contributed by atoms with Crippen LogP contribution in [0, 0.1) is 11.3 Å². The lowest BCUT2D eigenvalue weighted by molar-refractivity contribution is -0.143. The van der Waals surface area contributed by atoms with Gasteiger partial charge in [-0.15, -0.1) is 0 Å². The van der Waals surface area contributed by atoms with Crippen molar-refractivity contribution in [3.8, 4) is 6.07 Å². The molecule has 0 radical (unpaired) electrons. The van der Waals surface area contributed by atoms with E-state index in [4.69, 9.17) is 0 Å². The second-order valence-electron chi connectivity index (χ2n) is 7.88. The summed E-state index contributed by atoms with van der Waals surface area (Å²) in [7, 11) is 0. The summed E-state index contributed by atoms with van der Waals surface area (Å²) in [6.45, 7) is 1.51. The maximum atomic E-state index is 13.4. The predicted octanol–water partition coefficient (Wildman–Crippen LogP) is 7.71. The van der Waals surface area contributed by atoms with Crippen molar-refractivity contribution in [1.29, 1.82) is 5.26 Å². The lowest BCUT2D eigenvalue weighted by Gasteiger charge is -2.35. The quantitative estimate of drug-likeness (QED) is 0.420. The topological polar surface area (TPSA) is 64.3 Å². The summed E-state index contributed by atoms with van der Waals surface area (Å²) < 4.78 is 120. The minimum absolute atomic E-state index is 0.0464. The number of amides is 1. The molecule has 0 fully saturated rings. The van der Waals surface area contributed by atoms with Gasteiger partial charge >= 0.3 is 24.6 Å². The van der Waals surface area contributed by atoms with E-state index in [0.29, 0.717) is 24.3 Å².